The zero-order chi connectivity index (χ0) is 11.8. The number of hydrogen-bond acceptors (Lipinski definition) is 2. The van der Waals surface area contributed by atoms with Gasteiger partial charge >= 0.3 is 0 Å². The summed E-state index contributed by atoms with van der Waals surface area (Å²) in [5.74, 6) is 1.51. The molecule has 0 aromatic heterocycles. The van der Waals surface area contributed by atoms with E-state index in [0.29, 0.717) is 18.4 Å². The van der Waals surface area contributed by atoms with E-state index in [9.17, 15) is 4.79 Å². The molecule has 3 heteroatoms. The average Bonchev–Trinajstić information content (AvgIpc) is 2.47. The molecule has 0 spiro atoms. The Morgan fingerprint density at radius 3 is 2.50 bits per heavy atom. The van der Waals surface area contributed by atoms with Gasteiger partial charge in [-0.05, 0) is 43.9 Å². The van der Waals surface area contributed by atoms with Crippen LogP contribution in [0.25, 0.3) is 0 Å². The molecule has 3 N–H and O–H groups in total. The van der Waals surface area contributed by atoms with Gasteiger partial charge in [0, 0.05) is 18.0 Å². The molecule has 2 aliphatic carbocycles. The first-order chi connectivity index (χ1) is 7.50. The third-order valence-electron chi connectivity index (χ3n) is 4.67. The van der Waals surface area contributed by atoms with Crippen molar-refractivity contribution in [2.45, 2.75) is 64.0 Å². The number of hydrogen-bond donors (Lipinski definition) is 2. The highest BCUT2D eigenvalue weighted by Crippen LogP contribution is 2.33. The molecule has 2 rings (SSSR count). The Labute approximate surface area is 98.2 Å². The zero-order valence-electron chi connectivity index (χ0n) is 10.5. The number of rotatable bonds is 3. The fraction of sp³-hybridized carbons (Fsp3) is 0.923. The highest BCUT2D eigenvalue weighted by Gasteiger charge is 2.36. The molecule has 92 valence electrons. The van der Waals surface area contributed by atoms with Crippen molar-refractivity contribution < 1.29 is 4.79 Å². The van der Waals surface area contributed by atoms with E-state index in [4.69, 9.17) is 5.73 Å². The highest BCUT2D eigenvalue weighted by atomic mass is 16.1. The van der Waals surface area contributed by atoms with Gasteiger partial charge in [-0.2, -0.15) is 0 Å². The lowest BCUT2D eigenvalue weighted by Crippen LogP contribution is -2.51. The van der Waals surface area contributed by atoms with Crippen LogP contribution in [-0.4, -0.2) is 17.5 Å². The van der Waals surface area contributed by atoms with E-state index in [1.807, 2.05) is 0 Å². The second-order valence-electron chi connectivity index (χ2n) is 5.98. The number of carbonyl (C=O) groups is 1. The molecule has 2 aliphatic rings. The van der Waals surface area contributed by atoms with E-state index < -0.39 is 0 Å². The largest absolute Gasteiger partial charge is 0.353 e. The molecular formula is C13H24N2O. The lowest BCUT2D eigenvalue weighted by Gasteiger charge is -2.37. The van der Waals surface area contributed by atoms with Crippen molar-refractivity contribution in [1.82, 2.24) is 5.32 Å². The standard InChI is InChI=1S/C13H24N2O/c1-9-4-5-11(10(9)2)15-12(16)8-13(14)6-3-7-13/h9-11H,3-8,14H2,1-2H3,(H,15,16). The van der Waals surface area contributed by atoms with Crippen molar-refractivity contribution in [3.63, 3.8) is 0 Å². The molecule has 0 aromatic rings. The van der Waals surface area contributed by atoms with Gasteiger partial charge in [0.05, 0.1) is 0 Å². The maximum absolute atomic E-state index is 11.9. The van der Waals surface area contributed by atoms with Crippen molar-refractivity contribution in [2.75, 3.05) is 0 Å². The Morgan fingerprint density at radius 2 is 2.06 bits per heavy atom. The van der Waals surface area contributed by atoms with Crippen LogP contribution in [0.15, 0.2) is 0 Å². The Kier molecular flexibility index (Phi) is 3.24. The van der Waals surface area contributed by atoms with Crippen LogP contribution in [0.5, 0.6) is 0 Å². The van der Waals surface area contributed by atoms with Gasteiger partial charge in [0.2, 0.25) is 5.91 Å². The van der Waals surface area contributed by atoms with Crippen LogP contribution in [0.3, 0.4) is 0 Å². The van der Waals surface area contributed by atoms with Crippen molar-refractivity contribution >= 4 is 5.91 Å². The summed E-state index contributed by atoms with van der Waals surface area (Å²) >= 11 is 0. The van der Waals surface area contributed by atoms with Gasteiger partial charge in [-0.25, -0.2) is 0 Å². The van der Waals surface area contributed by atoms with Gasteiger partial charge in [-0.3, -0.25) is 4.79 Å². The predicted octanol–water partition coefficient (Wildman–Crippen LogP) is 1.81. The van der Waals surface area contributed by atoms with Crippen LogP contribution in [-0.2, 0) is 4.79 Å². The highest BCUT2D eigenvalue weighted by molar-refractivity contribution is 5.77. The molecule has 2 saturated carbocycles. The van der Waals surface area contributed by atoms with Crippen LogP contribution < -0.4 is 11.1 Å². The van der Waals surface area contributed by atoms with Crippen LogP contribution in [0, 0.1) is 11.8 Å². The van der Waals surface area contributed by atoms with Gasteiger partial charge < -0.3 is 11.1 Å². The summed E-state index contributed by atoms with van der Waals surface area (Å²) in [5.41, 5.74) is 5.90. The predicted molar refractivity (Wildman–Crippen MR) is 64.9 cm³/mol. The average molecular weight is 224 g/mol. The van der Waals surface area contributed by atoms with Gasteiger partial charge in [-0.15, -0.1) is 0 Å². The number of carbonyl (C=O) groups excluding carboxylic acids is 1. The maximum atomic E-state index is 11.9. The topological polar surface area (TPSA) is 55.1 Å². The SMILES string of the molecule is CC1CCC(NC(=O)CC2(N)CCC2)C1C. The zero-order valence-corrected chi connectivity index (χ0v) is 10.5. The first-order valence-corrected chi connectivity index (χ1v) is 6.58. The summed E-state index contributed by atoms with van der Waals surface area (Å²) in [7, 11) is 0. The van der Waals surface area contributed by atoms with Crippen LogP contribution in [0.2, 0.25) is 0 Å². The molecule has 0 saturated heterocycles. The van der Waals surface area contributed by atoms with Crippen molar-refractivity contribution in [2.24, 2.45) is 17.6 Å². The molecule has 0 bridgehead atoms. The Morgan fingerprint density at radius 1 is 1.38 bits per heavy atom. The van der Waals surface area contributed by atoms with Gasteiger partial charge in [0.25, 0.3) is 0 Å². The van der Waals surface area contributed by atoms with Crippen molar-refractivity contribution in [3.8, 4) is 0 Å². The first kappa shape index (κ1) is 11.9. The quantitative estimate of drug-likeness (QED) is 0.768. The van der Waals surface area contributed by atoms with E-state index in [2.05, 4.69) is 19.2 Å². The fourth-order valence-electron chi connectivity index (χ4n) is 2.95. The maximum Gasteiger partial charge on any atom is 0.222 e. The van der Waals surface area contributed by atoms with Crippen LogP contribution in [0.4, 0.5) is 0 Å². The summed E-state index contributed by atoms with van der Waals surface area (Å²) in [6, 6.07) is 0.381. The molecule has 0 aromatic carbocycles. The van der Waals surface area contributed by atoms with Crippen LogP contribution in [0.1, 0.15) is 52.4 Å². The van der Waals surface area contributed by atoms with Crippen LogP contribution >= 0.6 is 0 Å². The van der Waals surface area contributed by atoms with E-state index in [1.54, 1.807) is 0 Å². The summed E-state index contributed by atoms with van der Waals surface area (Å²) in [5, 5.41) is 3.16. The molecule has 3 nitrogen and oxygen atoms in total. The Balaban J connectivity index is 1.79. The Bertz CT molecular complexity index is 273. The molecule has 0 radical (unpaired) electrons. The minimum absolute atomic E-state index is 0.160. The minimum atomic E-state index is -0.183. The normalized spacial score (nSPS) is 36.8. The molecule has 0 heterocycles. The van der Waals surface area contributed by atoms with Gasteiger partial charge in [0.1, 0.15) is 0 Å². The molecule has 3 atom stereocenters. The van der Waals surface area contributed by atoms with E-state index in [-0.39, 0.29) is 11.4 Å². The summed E-state index contributed by atoms with van der Waals surface area (Å²) in [6.45, 7) is 4.51. The van der Waals surface area contributed by atoms with Crippen molar-refractivity contribution in [3.05, 3.63) is 0 Å². The van der Waals surface area contributed by atoms with E-state index >= 15 is 0 Å². The smallest absolute Gasteiger partial charge is 0.222 e. The lowest BCUT2D eigenvalue weighted by molar-refractivity contribution is -0.123. The van der Waals surface area contributed by atoms with Gasteiger partial charge in [-0.1, -0.05) is 13.8 Å². The first-order valence-electron chi connectivity index (χ1n) is 6.58. The molecule has 1 amide bonds. The van der Waals surface area contributed by atoms with E-state index in [0.717, 1.165) is 25.2 Å². The number of amides is 1. The molecular weight excluding hydrogens is 200 g/mol. The molecule has 3 unspecified atom stereocenters. The van der Waals surface area contributed by atoms with E-state index in [1.165, 1.54) is 12.8 Å². The molecule has 2 fully saturated rings. The second kappa shape index (κ2) is 4.36. The number of nitrogens with one attached hydrogen (secondary N) is 1. The molecule has 16 heavy (non-hydrogen) atoms. The lowest BCUT2D eigenvalue weighted by atomic mass is 9.75. The Hall–Kier alpha value is -0.570. The third kappa shape index (κ3) is 2.40. The number of nitrogens with two attached hydrogens (primary N) is 1. The fourth-order valence-corrected chi connectivity index (χ4v) is 2.95. The van der Waals surface area contributed by atoms with Crippen molar-refractivity contribution in [1.29, 1.82) is 0 Å². The summed E-state index contributed by atoms with van der Waals surface area (Å²) in [4.78, 5) is 11.9. The van der Waals surface area contributed by atoms with Gasteiger partial charge in [0.15, 0.2) is 0 Å². The molecule has 0 aliphatic heterocycles. The third-order valence-corrected chi connectivity index (χ3v) is 4.67. The minimum Gasteiger partial charge on any atom is -0.353 e. The summed E-state index contributed by atoms with van der Waals surface area (Å²) < 4.78 is 0. The monoisotopic (exact) mass is 224 g/mol. The second-order valence-corrected chi connectivity index (χ2v) is 5.98. The summed E-state index contributed by atoms with van der Waals surface area (Å²) in [6.07, 6.45) is 6.09.